The molecular formula is C18H27NO4. The van der Waals surface area contributed by atoms with Crippen molar-refractivity contribution >= 4 is 11.9 Å². The van der Waals surface area contributed by atoms with Gasteiger partial charge in [0.1, 0.15) is 5.75 Å². The predicted molar refractivity (Wildman–Crippen MR) is 89.6 cm³/mol. The zero-order valence-electron chi connectivity index (χ0n) is 14.2. The smallest absolute Gasteiger partial charge is 0.305 e. The summed E-state index contributed by atoms with van der Waals surface area (Å²) in [6, 6.07) is 7.51. The Bertz CT molecular complexity index is 513. The van der Waals surface area contributed by atoms with Crippen molar-refractivity contribution in [2.75, 3.05) is 19.7 Å². The number of ether oxygens (including phenoxy) is 1. The van der Waals surface area contributed by atoms with Crippen molar-refractivity contribution in [1.29, 1.82) is 0 Å². The van der Waals surface area contributed by atoms with Crippen LogP contribution in [0.25, 0.3) is 0 Å². The van der Waals surface area contributed by atoms with E-state index in [4.69, 9.17) is 9.84 Å². The summed E-state index contributed by atoms with van der Waals surface area (Å²) in [6.07, 6.45) is 1.16. The summed E-state index contributed by atoms with van der Waals surface area (Å²) in [4.78, 5) is 24.9. The number of hydrogen-bond acceptors (Lipinski definition) is 3. The van der Waals surface area contributed by atoms with Gasteiger partial charge in [-0.3, -0.25) is 9.59 Å². The number of carboxylic acid groups (broad SMARTS) is 1. The van der Waals surface area contributed by atoms with Crippen LogP contribution in [-0.2, 0) is 16.0 Å². The number of rotatable bonds is 10. The summed E-state index contributed by atoms with van der Waals surface area (Å²) in [5, 5.41) is 8.83. The maximum absolute atomic E-state index is 12.5. The Morgan fingerprint density at radius 3 is 2.65 bits per heavy atom. The summed E-state index contributed by atoms with van der Waals surface area (Å²) in [6.45, 7) is 7.53. The van der Waals surface area contributed by atoms with Crippen molar-refractivity contribution in [3.05, 3.63) is 29.8 Å². The number of carbonyl (C=O) groups is 2. The Labute approximate surface area is 138 Å². The normalized spacial score (nSPS) is 10.6. The molecular weight excluding hydrogens is 294 g/mol. The van der Waals surface area contributed by atoms with Crippen LogP contribution in [0.4, 0.5) is 0 Å². The molecule has 1 aromatic carbocycles. The van der Waals surface area contributed by atoms with E-state index in [2.05, 4.69) is 0 Å². The minimum Gasteiger partial charge on any atom is -0.494 e. The van der Waals surface area contributed by atoms with Gasteiger partial charge in [-0.25, -0.2) is 0 Å². The fourth-order valence-corrected chi connectivity index (χ4v) is 2.24. The van der Waals surface area contributed by atoms with Crippen LogP contribution in [0.2, 0.25) is 0 Å². The van der Waals surface area contributed by atoms with Crippen LogP contribution in [0.15, 0.2) is 24.3 Å². The third-order valence-electron chi connectivity index (χ3n) is 3.26. The molecule has 0 bridgehead atoms. The van der Waals surface area contributed by atoms with Crippen LogP contribution in [0, 0.1) is 5.92 Å². The van der Waals surface area contributed by atoms with Crippen molar-refractivity contribution in [3.8, 4) is 5.75 Å². The van der Waals surface area contributed by atoms with Crippen LogP contribution in [0.1, 0.15) is 39.2 Å². The van der Waals surface area contributed by atoms with Gasteiger partial charge in [0.25, 0.3) is 0 Å². The van der Waals surface area contributed by atoms with E-state index in [1.165, 1.54) is 0 Å². The van der Waals surface area contributed by atoms with Crippen LogP contribution < -0.4 is 4.74 Å². The Balaban J connectivity index is 2.70. The van der Waals surface area contributed by atoms with Crippen molar-refractivity contribution in [2.45, 2.75) is 40.0 Å². The number of nitrogens with zero attached hydrogens (tertiary/aromatic N) is 1. The van der Waals surface area contributed by atoms with Gasteiger partial charge in [-0.05, 0) is 30.0 Å². The Morgan fingerprint density at radius 2 is 2.04 bits per heavy atom. The number of carboxylic acids is 1. The highest BCUT2D eigenvalue weighted by atomic mass is 16.5. The fraction of sp³-hybridized carbons (Fsp3) is 0.556. The highest BCUT2D eigenvalue weighted by molar-refractivity contribution is 5.79. The largest absolute Gasteiger partial charge is 0.494 e. The lowest BCUT2D eigenvalue weighted by Gasteiger charge is -2.24. The first-order valence-electron chi connectivity index (χ1n) is 8.13. The SMILES string of the molecule is CCCOc1cccc(CC(=O)N(CCC(=O)O)CC(C)C)c1. The molecule has 0 heterocycles. The number of aliphatic carboxylic acids is 1. The summed E-state index contributed by atoms with van der Waals surface area (Å²) >= 11 is 0. The summed E-state index contributed by atoms with van der Waals surface area (Å²) in [5.74, 6) is 0.124. The first-order chi connectivity index (χ1) is 10.9. The van der Waals surface area contributed by atoms with E-state index < -0.39 is 5.97 Å². The second kappa shape index (κ2) is 9.87. The minimum absolute atomic E-state index is 0.0297. The number of benzene rings is 1. The quantitative estimate of drug-likeness (QED) is 0.719. The first-order valence-corrected chi connectivity index (χ1v) is 8.13. The van der Waals surface area contributed by atoms with Gasteiger partial charge in [-0.2, -0.15) is 0 Å². The van der Waals surface area contributed by atoms with E-state index in [9.17, 15) is 9.59 Å². The molecule has 1 amide bonds. The van der Waals surface area contributed by atoms with Gasteiger partial charge in [-0.15, -0.1) is 0 Å². The van der Waals surface area contributed by atoms with Crippen LogP contribution in [0.3, 0.4) is 0 Å². The average molecular weight is 321 g/mol. The first kappa shape index (κ1) is 19.0. The minimum atomic E-state index is -0.887. The van der Waals surface area contributed by atoms with Crippen LogP contribution in [-0.4, -0.2) is 41.6 Å². The molecule has 0 unspecified atom stereocenters. The zero-order valence-corrected chi connectivity index (χ0v) is 14.2. The zero-order chi connectivity index (χ0) is 17.2. The highest BCUT2D eigenvalue weighted by Gasteiger charge is 2.16. The van der Waals surface area contributed by atoms with Crippen LogP contribution in [0.5, 0.6) is 5.75 Å². The third kappa shape index (κ3) is 7.68. The summed E-state index contributed by atoms with van der Waals surface area (Å²) < 4.78 is 5.58. The molecule has 23 heavy (non-hydrogen) atoms. The molecule has 0 radical (unpaired) electrons. The standard InChI is InChI=1S/C18H27NO4/c1-4-10-23-16-7-5-6-15(11-16)12-17(20)19(13-14(2)3)9-8-18(21)22/h5-7,11,14H,4,8-10,12-13H2,1-3H3,(H,21,22). The van der Waals surface area contributed by atoms with Gasteiger partial charge in [-0.1, -0.05) is 32.9 Å². The lowest BCUT2D eigenvalue weighted by Crippen LogP contribution is -2.37. The number of amides is 1. The number of carbonyl (C=O) groups excluding carboxylic acids is 1. The molecule has 0 aliphatic rings. The third-order valence-corrected chi connectivity index (χ3v) is 3.26. The Kier molecular flexibility index (Phi) is 8.16. The molecule has 0 aliphatic carbocycles. The topological polar surface area (TPSA) is 66.8 Å². The van der Waals surface area contributed by atoms with E-state index >= 15 is 0 Å². The second-order valence-electron chi connectivity index (χ2n) is 6.05. The molecule has 1 N–H and O–H groups in total. The van der Waals surface area contributed by atoms with E-state index in [0.717, 1.165) is 17.7 Å². The highest BCUT2D eigenvalue weighted by Crippen LogP contribution is 2.15. The monoisotopic (exact) mass is 321 g/mol. The van der Waals surface area contributed by atoms with Crippen molar-refractivity contribution in [2.24, 2.45) is 5.92 Å². The average Bonchev–Trinajstić information content (AvgIpc) is 2.49. The Morgan fingerprint density at radius 1 is 1.30 bits per heavy atom. The molecule has 0 saturated carbocycles. The summed E-state index contributed by atoms with van der Waals surface area (Å²) in [5.41, 5.74) is 0.882. The van der Waals surface area contributed by atoms with Crippen LogP contribution >= 0.6 is 0 Å². The van der Waals surface area contributed by atoms with Crippen molar-refractivity contribution in [1.82, 2.24) is 4.90 Å². The summed E-state index contributed by atoms with van der Waals surface area (Å²) in [7, 11) is 0. The van der Waals surface area contributed by atoms with Gasteiger partial charge >= 0.3 is 5.97 Å². The van der Waals surface area contributed by atoms with Crippen molar-refractivity contribution < 1.29 is 19.4 Å². The van der Waals surface area contributed by atoms with E-state index in [1.807, 2.05) is 45.0 Å². The lowest BCUT2D eigenvalue weighted by atomic mass is 10.1. The molecule has 0 atom stereocenters. The molecule has 5 heteroatoms. The van der Waals surface area contributed by atoms with E-state index in [0.29, 0.717) is 19.1 Å². The fourth-order valence-electron chi connectivity index (χ4n) is 2.24. The Hall–Kier alpha value is -2.04. The van der Waals surface area contributed by atoms with E-state index in [1.54, 1.807) is 4.90 Å². The molecule has 5 nitrogen and oxygen atoms in total. The predicted octanol–water partition coefficient (Wildman–Crippen LogP) is 2.98. The molecule has 0 saturated heterocycles. The lowest BCUT2D eigenvalue weighted by molar-refractivity contribution is -0.138. The maximum Gasteiger partial charge on any atom is 0.305 e. The van der Waals surface area contributed by atoms with Gasteiger partial charge in [0.05, 0.1) is 19.4 Å². The molecule has 0 aliphatic heterocycles. The maximum atomic E-state index is 12.5. The molecule has 1 rings (SSSR count). The molecule has 128 valence electrons. The van der Waals surface area contributed by atoms with Gasteiger partial charge in [0.15, 0.2) is 0 Å². The van der Waals surface area contributed by atoms with E-state index in [-0.39, 0.29) is 25.3 Å². The number of hydrogen-bond donors (Lipinski definition) is 1. The molecule has 0 fully saturated rings. The molecule has 0 spiro atoms. The van der Waals surface area contributed by atoms with Crippen molar-refractivity contribution in [3.63, 3.8) is 0 Å². The van der Waals surface area contributed by atoms with Gasteiger partial charge in [0, 0.05) is 13.1 Å². The van der Waals surface area contributed by atoms with Gasteiger partial charge in [0.2, 0.25) is 5.91 Å². The second-order valence-corrected chi connectivity index (χ2v) is 6.05. The molecule has 0 aromatic heterocycles. The molecule has 1 aromatic rings. The van der Waals surface area contributed by atoms with Gasteiger partial charge < -0.3 is 14.7 Å².